The zero-order chi connectivity index (χ0) is 22.6. The number of piperazine rings is 1. The molecule has 0 unspecified atom stereocenters. The molecule has 2 aliphatic rings. The Kier molecular flexibility index (Phi) is 6.24. The number of fused-ring (bicyclic) bond motifs is 1. The lowest BCUT2D eigenvalue weighted by atomic mass is 9.96. The molecule has 6 nitrogen and oxygen atoms in total. The van der Waals surface area contributed by atoms with Crippen LogP contribution in [0.1, 0.15) is 42.5 Å². The summed E-state index contributed by atoms with van der Waals surface area (Å²) in [5.41, 5.74) is 3.26. The van der Waals surface area contributed by atoms with E-state index in [0.29, 0.717) is 37.8 Å². The van der Waals surface area contributed by atoms with E-state index in [2.05, 4.69) is 5.32 Å². The fourth-order valence-corrected chi connectivity index (χ4v) is 4.90. The van der Waals surface area contributed by atoms with Crippen molar-refractivity contribution in [2.24, 2.45) is 0 Å². The molecule has 3 amide bonds. The molecule has 1 N–H and O–H groups in total. The van der Waals surface area contributed by atoms with Gasteiger partial charge in [0.15, 0.2) is 0 Å². The lowest BCUT2D eigenvalue weighted by Crippen LogP contribution is -2.54. The van der Waals surface area contributed by atoms with E-state index in [9.17, 15) is 9.59 Å². The van der Waals surface area contributed by atoms with Crippen LogP contribution in [0, 0.1) is 0 Å². The van der Waals surface area contributed by atoms with Crippen LogP contribution in [0.3, 0.4) is 0 Å². The lowest BCUT2D eigenvalue weighted by Gasteiger charge is -2.36. The Bertz CT molecular complexity index is 1130. The number of nitrogens with zero attached hydrogens (tertiary/aromatic N) is 3. The summed E-state index contributed by atoms with van der Waals surface area (Å²) in [5, 5.41) is 4.05. The highest BCUT2D eigenvalue weighted by atomic mass is 16.2. The molecule has 0 spiro atoms. The zero-order valence-corrected chi connectivity index (χ0v) is 18.9. The number of amides is 3. The molecule has 1 aliphatic heterocycles. The molecule has 2 heterocycles. The average molecular weight is 443 g/mol. The molecule has 33 heavy (non-hydrogen) atoms. The number of hydrogen-bond donors (Lipinski definition) is 1. The summed E-state index contributed by atoms with van der Waals surface area (Å²) in [5.74, 6) is -0.00174. The van der Waals surface area contributed by atoms with Crippen molar-refractivity contribution in [2.75, 3.05) is 26.2 Å². The van der Waals surface area contributed by atoms with Crippen molar-refractivity contribution in [3.8, 4) is 11.3 Å². The van der Waals surface area contributed by atoms with Gasteiger partial charge in [0.1, 0.15) is 0 Å². The number of carbonyl (C=O) groups is 2. The Morgan fingerprint density at radius 2 is 1.48 bits per heavy atom. The average Bonchev–Trinajstić information content (AvgIpc) is 2.89. The first-order chi connectivity index (χ1) is 16.2. The van der Waals surface area contributed by atoms with Gasteiger partial charge in [-0.05, 0) is 25.0 Å². The van der Waals surface area contributed by atoms with Crippen molar-refractivity contribution in [1.82, 2.24) is 20.1 Å². The molecule has 6 heteroatoms. The summed E-state index contributed by atoms with van der Waals surface area (Å²) in [4.78, 5) is 34.8. The predicted molar refractivity (Wildman–Crippen MR) is 130 cm³/mol. The monoisotopic (exact) mass is 442 g/mol. The minimum absolute atomic E-state index is 0.00174. The van der Waals surface area contributed by atoms with Crippen LogP contribution < -0.4 is 5.32 Å². The molecule has 1 saturated carbocycles. The Balaban J connectivity index is 1.32. The van der Waals surface area contributed by atoms with Gasteiger partial charge in [0.05, 0.1) is 16.8 Å². The number of benzene rings is 2. The van der Waals surface area contributed by atoms with Crippen molar-refractivity contribution in [2.45, 2.75) is 38.1 Å². The van der Waals surface area contributed by atoms with Gasteiger partial charge in [0, 0.05) is 43.2 Å². The highest BCUT2D eigenvalue weighted by Gasteiger charge is 2.27. The first kappa shape index (κ1) is 21.4. The second kappa shape index (κ2) is 9.61. The molecule has 0 radical (unpaired) electrons. The van der Waals surface area contributed by atoms with Gasteiger partial charge in [0.25, 0.3) is 5.91 Å². The summed E-state index contributed by atoms with van der Waals surface area (Å²) >= 11 is 0. The summed E-state index contributed by atoms with van der Waals surface area (Å²) in [6.45, 7) is 2.18. The molecule has 5 rings (SSSR count). The first-order valence-electron chi connectivity index (χ1n) is 12.0. The molecule has 1 aromatic heterocycles. The third-order valence-electron chi connectivity index (χ3n) is 6.80. The molecular formula is C27H30N4O2. The summed E-state index contributed by atoms with van der Waals surface area (Å²) < 4.78 is 0. The van der Waals surface area contributed by atoms with Gasteiger partial charge < -0.3 is 15.1 Å². The lowest BCUT2D eigenvalue weighted by molar-refractivity contribution is 0.0664. The highest BCUT2D eigenvalue weighted by molar-refractivity contribution is 6.07. The Morgan fingerprint density at radius 3 is 2.24 bits per heavy atom. The molecule has 0 bridgehead atoms. The van der Waals surface area contributed by atoms with Gasteiger partial charge in [-0.25, -0.2) is 9.78 Å². The van der Waals surface area contributed by atoms with Crippen molar-refractivity contribution < 1.29 is 9.59 Å². The number of pyridine rings is 1. The summed E-state index contributed by atoms with van der Waals surface area (Å²) in [6.07, 6.45) is 5.80. The predicted octanol–water partition coefficient (Wildman–Crippen LogP) is 4.70. The molecule has 2 aromatic carbocycles. The van der Waals surface area contributed by atoms with E-state index in [1.54, 1.807) is 0 Å². The van der Waals surface area contributed by atoms with Gasteiger partial charge in [0.2, 0.25) is 0 Å². The number of urea groups is 1. The number of para-hydroxylation sites is 1. The van der Waals surface area contributed by atoms with Crippen molar-refractivity contribution in [3.63, 3.8) is 0 Å². The fourth-order valence-electron chi connectivity index (χ4n) is 4.90. The standard InChI is InChI=1S/C27H30N4O2/c32-26(30-15-17-31(18-16-30)27(33)28-21-11-5-2-6-12-21)23-19-25(20-9-3-1-4-10-20)29-24-14-8-7-13-22(23)24/h1,3-4,7-10,13-14,19,21H,2,5-6,11-12,15-18H2,(H,28,33). The fraction of sp³-hybridized carbons (Fsp3) is 0.370. The van der Waals surface area contributed by atoms with E-state index < -0.39 is 0 Å². The van der Waals surface area contributed by atoms with Gasteiger partial charge in [-0.3, -0.25) is 4.79 Å². The Hall–Kier alpha value is -3.41. The molecule has 170 valence electrons. The van der Waals surface area contributed by atoms with Crippen LogP contribution in [0.25, 0.3) is 22.2 Å². The van der Waals surface area contributed by atoms with Crippen molar-refractivity contribution in [3.05, 3.63) is 66.2 Å². The van der Waals surface area contributed by atoms with Gasteiger partial charge in [-0.1, -0.05) is 67.8 Å². The smallest absolute Gasteiger partial charge is 0.317 e. The van der Waals surface area contributed by atoms with E-state index in [1.807, 2.05) is 70.5 Å². The molecule has 2 fully saturated rings. The number of aromatic nitrogens is 1. The van der Waals surface area contributed by atoms with Crippen LogP contribution in [-0.2, 0) is 0 Å². The Morgan fingerprint density at radius 1 is 0.818 bits per heavy atom. The summed E-state index contributed by atoms with van der Waals surface area (Å²) in [7, 11) is 0. The highest BCUT2D eigenvalue weighted by Crippen LogP contribution is 2.26. The summed E-state index contributed by atoms with van der Waals surface area (Å²) in [6, 6.07) is 20.0. The normalized spacial score (nSPS) is 17.2. The maximum atomic E-state index is 13.6. The second-order valence-corrected chi connectivity index (χ2v) is 9.00. The van der Waals surface area contributed by atoms with Crippen LogP contribution in [0.5, 0.6) is 0 Å². The second-order valence-electron chi connectivity index (χ2n) is 9.00. The third-order valence-corrected chi connectivity index (χ3v) is 6.80. The van der Waals surface area contributed by atoms with E-state index in [-0.39, 0.29) is 11.9 Å². The van der Waals surface area contributed by atoms with Gasteiger partial charge in [-0.15, -0.1) is 0 Å². The molecule has 3 aromatic rings. The molecule has 0 atom stereocenters. The number of rotatable bonds is 3. The van der Waals surface area contributed by atoms with E-state index in [0.717, 1.165) is 35.0 Å². The zero-order valence-electron chi connectivity index (χ0n) is 18.9. The van der Waals surface area contributed by atoms with Crippen LogP contribution >= 0.6 is 0 Å². The van der Waals surface area contributed by atoms with Crippen molar-refractivity contribution >= 4 is 22.8 Å². The maximum Gasteiger partial charge on any atom is 0.317 e. The van der Waals surface area contributed by atoms with E-state index in [4.69, 9.17) is 4.98 Å². The number of hydrogen-bond acceptors (Lipinski definition) is 3. The van der Waals surface area contributed by atoms with E-state index >= 15 is 0 Å². The van der Waals surface area contributed by atoms with E-state index in [1.165, 1.54) is 19.3 Å². The van der Waals surface area contributed by atoms with Gasteiger partial charge >= 0.3 is 6.03 Å². The van der Waals surface area contributed by atoms with Gasteiger partial charge in [-0.2, -0.15) is 0 Å². The van der Waals surface area contributed by atoms with Crippen LogP contribution in [-0.4, -0.2) is 58.9 Å². The third kappa shape index (κ3) is 4.70. The number of nitrogens with one attached hydrogen (secondary N) is 1. The van der Waals surface area contributed by atoms with Crippen LogP contribution in [0.15, 0.2) is 60.7 Å². The molecule has 1 aliphatic carbocycles. The maximum absolute atomic E-state index is 13.6. The number of carbonyl (C=O) groups excluding carboxylic acids is 2. The molecule has 1 saturated heterocycles. The van der Waals surface area contributed by atoms with Crippen molar-refractivity contribution in [1.29, 1.82) is 0 Å². The van der Waals surface area contributed by atoms with Crippen LogP contribution in [0.2, 0.25) is 0 Å². The molecular weight excluding hydrogens is 412 g/mol. The van der Waals surface area contributed by atoms with Crippen LogP contribution in [0.4, 0.5) is 4.79 Å². The minimum Gasteiger partial charge on any atom is -0.335 e. The SMILES string of the molecule is O=C(NC1CCCCC1)N1CCN(C(=O)c2cc(-c3ccccc3)nc3ccccc23)CC1. The largest absolute Gasteiger partial charge is 0.335 e. The minimum atomic E-state index is -0.00174. The topological polar surface area (TPSA) is 65.5 Å². The Labute approximate surface area is 194 Å². The first-order valence-corrected chi connectivity index (χ1v) is 12.0. The quantitative estimate of drug-likeness (QED) is 0.639.